The van der Waals surface area contributed by atoms with Crippen molar-refractivity contribution in [3.63, 3.8) is 0 Å². The predicted octanol–water partition coefficient (Wildman–Crippen LogP) is 4.15. The number of hydrogen-bond acceptors (Lipinski definition) is 6. The third-order valence-electron chi connectivity index (χ3n) is 8.62. The molecular weight excluding hydrogens is 483 g/mol. The number of amides is 1. The molecule has 38 heavy (non-hydrogen) atoms. The summed E-state index contributed by atoms with van der Waals surface area (Å²) in [6, 6.07) is 6.39. The lowest BCUT2D eigenvalue weighted by Crippen LogP contribution is -2.70. The second-order valence-corrected chi connectivity index (χ2v) is 11.4. The Bertz CT molecular complexity index is 1510. The van der Waals surface area contributed by atoms with Crippen LogP contribution in [-0.2, 0) is 17.9 Å². The van der Waals surface area contributed by atoms with Gasteiger partial charge in [0, 0.05) is 60.1 Å². The first-order valence-corrected chi connectivity index (χ1v) is 13.4. The highest BCUT2D eigenvalue weighted by molar-refractivity contribution is 5.94. The molecule has 4 aliphatic rings. The third kappa shape index (κ3) is 4.07. The normalized spacial score (nSPS) is 25.3. The standard InChI is InChI=1S/C28H31FN8O/c1-18(27-14-28(29,15-27)16-27)31-11-21-6-19-10-32-22(8-24(19)34-21)13-36-17-33-26(35-36)20-7-23(12-30-9-20)37-5-3-2-4-25(37)38/h6-10,12,17-18,31,34H,2-5,11,13-16H2,1H3. The molecule has 1 saturated heterocycles. The first kappa shape index (κ1) is 23.5. The summed E-state index contributed by atoms with van der Waals surface area (Å²) in [5.41, 5.74) is 3.85. The highest BCUT2D eigenvalue weighted by Crippen LogP contribution is 2.70. The highest BCUT2D eigenvalue weighted by Gasteiger charge is 2.70. The summed E-state index contributed by atoms with van der Waals surface area (Å²) in [5.74, 6) is 0.701. The van der Waals surface area contributed by atoms with Crippen molar-refractivity contribution >= 4 is 22.5 Å². The number of hydrogen-bond donors (Lipinski definition) is 2. The number of carbonyl (C=O) groups is 1. The minimum atomic E-state index is -0.863. The zero-order valence-electron chi connectivity index (χ0n) is 21.5. The predicted molar refractivity (Wildman–Crippen MR) is 141 cm³/mol. The van der Waals surface area contributed by atoms with E-state index in [2.05, 4.69) is 43.3 Å². The molecule has 8 rings (SSSR count). The van der Waals surface area contributed by atoms with Gasteiger partial charge in [-0.1, -0.05) is 0 Å². The van der Waals surface area contributed by atoms with Crippen molar-refractivity contribution in [3.05, 3.63) is 54.5 Å². The van der Waals surface area contributed by atoms with Gasteiger partial charge in [0.25, 0.3) is 0 Å². The van der Waals surface area contributed by atoms with Crippen LogP contribution in [0.2, 0.25) is 0 Å². The fraction of sp³-hybridized carbons (Fsp3) is 0.464. The average Bonchev–Trinajstić information content (AvgIpc) is 3.52. The lowest BCUT2D eigenvalue weighted by Gasteiger charge is -2.68. The van der Waals surface area contributed by atoms with E-state index in [-0.39, 0.29) is 11.3 Å². The molecule has 0 spiro atoms. The number of alkyl halides is 1. The summed E-state index contributed by atoms with van der Waals surface area (Å²) in [6.07, 6.45) is 11.7. The van der Waals surface area contributed by atoms with Gasteiger partial charge < -0.3 is 15.2 Å². The number of piperidine rings is 1. The maximum absolute atomic E-state index is 13.9. The molecule has 0 radical (unpaired) electrons. The van der Waals surface area contributed by atoms with E-state index in [9.17, 15) is 9.18 Å². The fourth-order valence-electron chi connectivity index (χ4n) is 6.43. The van der Waals surface area contributed by atoms with Crippen LogP contribution in [0.25, 0.3) is 22.3 Å². The van der Waals surface area contributed by atoms with Gasteiger partial charge in [0.2, 0.25) is 5.91 Å². The summed E-state index contributed by atoms with van der Waals surface area (Å²) in [5, 5.41) is 9.28. The van der Waals surface area contributed by atoms with Crippen LogP contribution in [0.5, 0.6) is 0 Å². The molecule has 5 heterocycles. The Morgan fingerprint density at radius 1 is 1.13 bits per heavy atom. The smallest absolute Gasteiger partial charge is 0.227 e. The first-order valence-electron chi connectivity index (χ1n) is 13.4. The number of nitrogens with one attached hydrogen (secondary N) is 2. The second kappa shape index (κ2) is 8.69. The number of nitrogens with zero attached hydrogens (tertiary/aromatic N) is 6. The highest BCUT2D eigenvalue weighted by atomic mass is 19.1. The summed E-state index contributed by atoms with van der Waals surface area (Å²) in [7, 11) is 0. The summed E-state index contributed by atoms with van der Waals surface area (Å²) < 4.78 is 15.7. The molecule has 4 aromatic rings. The topological polar surface area (TPSA) is 105 Å². The van der Waals surface area contributed by atoms with Gasteiger partial charge in [0.1, 0.15) is 12.0 Å². The number of anilines is 1. The van der Waals surface area contributed by atoms with Crippen LogP contribution < -0.4 is 10.2 Å². The van der Waals surface area contributed by atoms with E-state index >= 15 is 0 Å². The van der Waals surface area contributed by atoms with Crippen molar-refractivity contribution in [2.75, 3.05) is 11.4 Å². The molecule has 4 aromatic heterocycles. The molecule has 9 nitrogen and oxygen atoms in total. The van der Waals surface area contributed by atoms with E-state index in [4.69, 9.17) is 0 Å². The van der Waals surface area contributed by atoms with E-state index in [1.807, 2.05) is 18.3 Å². The number of pyridine rings is 2. The molecule has 1 unspecified atom stereocenters. The Balaban J connectivity index is 1.02. The van der Waals surface area contributed by atoms with Crippen molar-refractivity contribution in [1.82, 2.24) is 35.0 Å². The molecule has 0 aromatic carbocycles. The van der Waals surface area contributed by atoms with E-state index in [0.29, 0.717) is 44.1 Å². The van der Waals surface area contributed by atoms with E-state index in [1.54, 1.807) is 28.3 Å². The van der Waals surface area contributed by atoms with Gasteiger partial charge in [-0.05, 0) is 62.6 Å². The Hall–Kier alpha value is -3.66. The molecule has 3 aliphatic carbocycles. The summed E-state index contributed by atoms with van der Waals surface area (Å²) in [4.78, 5) is 31.0. The molecular formula is C28H31FN8O. The maximum Gasteiger partial charge on any atom is 0.227 e. The van der Waals surface area contributed by atoms with Crippen LogP contribution in [0.1, 0.15) is 56.8 Å². The lowest BCUT2D eigenvalue weighted by molar-refractivity contribution is -0.226. The van der Waals surface area contributed by atoms with Gasteiger partial charge in [0.05, 0.1) is 24.1 Å². The molecule has 196 valence electrons. The number of aromatic amines is 1. The van der Waals surface area contributed by atoms with E-state index in [1.165, 1.54) is 0 Å². The summed E-state index contributed by atoms with van der Waals surface area (Å²) in [6.45, 7) is 4.09. The largest absolute Gasteiger partial charge is 0.357 e. The zero-order chi connectivity index (χ0) is 25.9. The number of H-pyrrole nitrogens is 1. The van der Waals surface area contributed by atoms with Crippen LogP contribution >= 0.6 is 0 Å². The van der Waals surface area contributed by atoms with Gasteiger partial charge in [-0.3, -0.25) is 14.8 Å². The van der Waals surface area contributed by atoms with Gasteiger partial charge in [0.15, 0.2) is 5.82 Å². The number of rotatable bonds is 8. The monoisotopic (exact) mass is 514 g/mol. The fourth-order valence-corrected chi connectivity index (χ4v) is 6.43. The van der Waals surface area contributed by atoms with E-state index in [0.717, 1.165) is 59.5 Å². The van der Waals surface area contributed by atoms with Crippen molar-refractivity contribution in [2.45, 2.75) is 70.2 Å². The number of carbonyl (C=O) groups excluding carboxylic acids is 1. The van der Waals surface area contributed by atoms with Crippen molar-refractivity contribution in [2.24, 2.45) is 5.41 Å². The molecule has 2 bridgehead atoms. The Morgan fingerprint density at radius 3 is 2.82 bits per heavy atom. The third-order valence-corrected chi connectivity index (χ3v) is 8.62. The zero-order valence-corrected chi connectivity index (χ0v) is 21.5. The minimum Gasteiger partial charge on any atom is -0.357 e. The number of fused-ring (bicyclic) bond motifs is 1. The number of aromatic nitrogens is 6. The molecule has 4 fully saturated rings. The summed E-state index contributed by atoms with van der Waals surface area (Å²) >= 11 is 0. The van der Waals surface area contributed by atoms with Crippen molar-refractivity contribution in [1.29, 1.82) is 0 Å². The molecule has 1 amide bonds. The average molecular weight is 515 g/mol. The first-order chi connectivity index (χ1) is 18.4. The molecule has 2 N–H and O–H groups in total. The lowest BCUT2D eigenvalue weighted by atomic mass is 9.40. The molecule has 1 atom stereocenters. The van der Waals surface area contributed by atoms with Gasteiger partial charge in [-0.15, -0.1) is 0 Å². The van der Waals surface area contributed by atoms with Crippen molar-refractivity contribution in [3.8, 4) is 11.4 Å². The SMILES string of the molecule is CC(NCc1cc2cnc(Cn3cnc(-c4cncc(N5CCCCC5=O)c4)n3)cc2[nH]1)C12CC(F)(C1)C2. The quantitative estimate of drug-likeness (QED) is 0.366. The number of halogens is 1. The van der Waals surface area contributed by atoms with Gasteiger partial charge in [-0.2, -0.15) is 5.10 Å². The second-order valence-electron chi connectivity index (χ2n) is 11.4. The minimum absolute atomic E-state index is 0.136. The van der Waals surface area contributed by atoms with E-state index < -0.39 is 5.67 Å². The van der Waals surface area contributed by atoms with Crippen LogP contribution in [-0.4, -0.2) is 53.9 Å². The van der Waals surface area contributed by atoms with Gasteiger partial charge >= 0.3 is 0 Å². The molecule has 3 saturated carbocycles. The Kier molecular flexibility index (Phi) is 5.36. The maximum atomic E-state index is 13.9. The Labute approximate surface area is 219 Å². The molecule has 10 heteroatoms. The van der Waals surface area contributed by atoms with Gasteiger partial charge in [-0.25, -0.2) is 14.1 Å². The van der Waals surface area contributed by atoms with Crippen LogP contribution in [0, 0.1) is 5.41 Å². The van der Waals surface area contributed by atoms with Crippen molar-refractivity contribution < 1.29 is 9.18 Å². The van der Waals surface area contributed by atoms with Crippen LogP contribution in [0.15, 0.2) is 43.1 Å². The van der Waals surface area contributed by atoms with Crippen LogP contribution in [0.3, 0.4) is 0 Å². The molecule has 1 aliphatic heterocycles. The Morgan fingerprint density at radius 2 is 2.00 bits per heavy atom. The van der Waals surface area contributed by atoms with Crippen LogP contribution in [0.4, 0.5) is 10.1 Å².